The second-order valence-corrected chi connectivity index (χ2v) is 6.59. The molecule has 0 aliphatic carbocycles. The lowest BCUT2D eigenvalue weighted by Crippen LogP contribution is -2.46. The van der Waals surface area contributed by atoms with Crippen LogP contribution >= 0.6 is 0 Å². The molecule has 0 radical (unpaired) electrons. The Morgan fingerprint density at radius 1 is 1.13 bits per heavy atom. The molecule has 1 amide bonds. The maximum Gasteiger partial charge on any atom is 0.254 e. The molecule has 0 bridgehead atoms. The first-order valence-electron chi connectivity index (χ1n) is 8.30. The zero-order valence-electron chi connectivity index (χ0n) is 14.8. The van der Waals surface area contributed by atoms with Crippen LogP contribution in [0.5, 0.6) is 0 Å². The lowest BCUT2D eigenvalue weighted by molar-refractivity contribution is 0.0276. The van der Waals surface area contributed by atoms with Gasteiger partial charge < -0.3 is 19.4 Å². The number of hydrogen-bond acceptors (Lipinski definition) is 4. The Morgan fingerprint density at radius 3 is 2.43 bits per heavy atom. The van der Waals surface area contributed by atoms with Gasteiger partial charge in [0.2, 0.25) is 0 Å². The summed E-state index contributed by atoms with van der Waals surface area (Å²) in [5.41, 5.74) is 1.82. The van der Waals surface area contributed by atoms with E-state index in [-0.39, 0.29) is 11.9 Å². The Kier molecular flexibility index (Phi) is 6.42. The molecule has 0 N–H and O–H groups in total. The number of likely N-dealkylation sites (N-methyl/N-ethyl adjacent to an activating group) is 1. The zero-order valence-corrected chi connectivity index (χ0v) is 14.8. The van der Waals surface area contributed by atoms with E-state index in [0.717, 1.165) is 50.4 Å². The summed E-state index contributed by atoms with van der Waals surface area (Å²) in [5.74, 6) is 0.127. The van der Waals surface area contributed by atoms with Crippen molar-refractivity contribution < 1.29 is 9.53 Å². The van der Waals surface area contributed by atoms with Crippen LogP contribution in [0.4, 0.5) is 5.69 Å². The molecule has 5 nitrogen and oxygen atoms in total. The minimum absolute atomic E-state index is 0.127. The third-order valence-corrected chi connectivity index (χ3v) is 4.29. The van der Waals surface area contributed by atoms with E-state index < -0.39 is 0 Å². The van der Waals surface area contributed by atoms with Gasteiger partial charge in [-0.2, -0.15) is 0 Å². The minimum Gasteiger partial charge on any atom is -0.381 e. The minimum atomic E-state index is 0.127. The van der Waals surface area contributed by atoms with E-state index in [9.17, 15) is 4.79 Å². The van der Waals surface area contributed by atoms with Gasteiger partial charge in [0.15, 0.2) is 0 Å². The Labute approximate surface area is 139 Å². The van der Waals surface area contributed by atoms with Crippen LogP contribution in [-0.4, -0.2) is 76.2 Å². The van der Waals surface area contributed by atoms with Crippen molar-refractivity contribution in [2.45, 2.75) is 18.9 Å². The molecule has 0 aromatic heterocycles. The van der Waals surface area contributed by atoms with Gasteiger partial charge in [-0.15, -0.1) is 0 Å². The maximum absolute atomic E-state index is 13.1. The number of rotatable bonds is 6. The van der Waals surface area contributed by atoms with Crippen LogP contribution in [0, 0.1) is 0 Å². The largest absolute Gasteiger partial charge is 0.381 e. The smallest absolute Gasteiger partial charge is 0.254 e. The normalized spacial score (nSPS) is 15.7. The van der Waals surface area contributed by atoms with Crippen LogP contribution in [0.3, 0.4) is 0 Å². The van der Waals surface area contributed by atoms with Crippen LogP contribution in [0.15, 0.2) is 24.3 Å². The zero-order chi connectivity index (χ0) is 16.8. The van der Waals surface area contributed by atoms with Gasteiger partial charge in [0.25, 0.3) is 5.91 Å². The standard InChI is InChI=1S/C18H29N3O2/c1-19(2)10-11-21(16-8-12-23-13-9-16)18(22)15-6-5-7-17(14-15)20(3)4/h5-7,14,16H,8-13H2,1-4H3. The van der Waals surface area contributed by atoms with E-state index in [1.54, 1.807) is 0 Å². The van der Waals surface area contributed by atoms with Crippen molar-refractivity contribution in [3.8, 4) is 0 Å². The summed E-state index contributed by atoms with van der Waals surface area (Å²) < 4.78 is 5.46. The van der Waals surface area contributed by atoms with Gasteiger partial charge in [0.05, 0.1) is 0 Å². The fourth-order valence-corrected chi connectivity index (χ4v) is 2.84. The summed E-state index contributed by atoms with van der Waals surface area (Å²) >= 11 is 0. The van der Waals surface area contributed by atoms with Gasteiger partial charge in [-0.25, -0.2) is 0 Å². The van der Waals surface area contributed by atoms with Gasteiger partial charge in [-0.3, -0.25) is 4.79 Å². The molecular formula is C18H29N3O2. The van der Waals surface area contributed by atoms with E-state index in [0.29, 0.717) is 0 Å². The fraction of sp³-hybridized carbons (Fsp3) is 0.611. The van der Waals surface area contributed by atoms with Crippen LogP contribution < -0.4 is 4.90 Å². The van der Waals surface area contributed by atoms with Crippen LogP contribution in [-0.2, 0) is 4.74 Å². The molecule has 1 aliphatic rings. The van der Waals surface area contributed by atoms with Crippen molar-refractivity contribution in [2.75, 3.05) is 59.4 Å². The number of amides is 1. The van der Waals surface area contributed by atoms with Crippen molar-refractivity contribution in [3.63, 3.8) is 0 Å². The summed E-state index contributed by atoms with van der Waals surface area (Å²) in [6, 6.07) is 8.15. The highest BCUT2D eigenvalue weighted by molar-refractivity contribution is 5.95. The average molecular weight is 319 g/mol. The maximum atomic E-state index is 13.1. The molecule has 1 heterocycles. The number of carbonyl (C=O) groups is 1. The van der Waals surface area contributed by atoms with E-state index in [2.05, 4.69) is 4.90 Å². The molecule has 2 rings (SSSR count). The van der Waals surface area contributed by atoms with Crippen molar-refractivity contribution in [1.29, 1.82) is 0 Å². The molecular weight excluding hydrogens is 290 g/mol. The lowest BCUT2D eigenvalue weighted by Gasteiger charge is -2.35. The molecule has 0 unspecified atom stereocenters. The van der Waals surface area contributed by atoms with Crippen LogP contribution in [0.2, 0.25) is 0 Å². The predicted molar refractivity (Wildman–Crippen MR) is 94.2 cm³/mol. The van der Waals surface area contributed by atoms with Gasteiger partial charge in [-0.05, 0) is 45.1 Å². The Bertz CT molecular complexity index is 511. The Balaban J connectivity index is 2.18. The van der Waals surface area contributed by atoms with E-state index in [1.807, 2.05) is 62.3 Å². The highest BCUT2D eigenvalue weighted by atomic mass is 16.5. The number of hydrogen-bond donors (Lipinski definition) is 0. The first kappa shape index (κ1) is 17.8. The fourth-order valence-electron chi connectivity index (χ4n) is 2.84. The summed E-state index contributed by atoms with van der Waals surface area (Å²) in [4.78, 5) is 19.3. The molecule has 1 saturated heterocycles. The highest BCUT2D eigenvalue weighted by Crippen LogP contribution is 2.20. The van der Waals surface area contributed by atoms with Crippen molar-refractivity contribution in [2.24, 2.45) is 0 Å². The second-order valence-electron chi connectivity index (χ2n) is 6.59. The number of benzene rings is 1. The van der Waals surface area contributed by atoms with E-state index in [4.69, 9.17) is 4.74 Å². The van der Waals surface area contributed by atoms with Gasteiger partial charge in [0, 0.05) is 57.7 Å². The number of anilines is 1. The first-order chi connectivity index (χ1) is 11.0. The molecule has 1 aromatic rings. The quantitative estimate of drug-likeness (QED) is 0.803. The Morgan fingerprint density at radius 2 is 1.83 bits per heavy atom. The SMILES string of the molecule is CN(C)CCN(C(=O)c1cccc(N(C)C)c1)C1CCOCC1. The van der Waals surface area contributed by atoms with Gasteiger partial charge >= 0.3 is 0 Å². The third-order valence-electron chi connectivity index (χ3n) is 4.29. The molecule has 5 heteroatoms. The average Bonchev–Trinajstić information content (AvgIpc) is 2.55. The highest BCUT2D eigenvalue weighted by Gasteiger charge is 2.26. The molecule has 0 saturated carbocycles. The van der Waals surface area contributed by atoms with Crippen molar-refractivity contribution in [3.05, 3.63) is 29.8 Å². The summed E-state index contributed by atoms with van der Waals surface area (Å²) in [7, 11) is 8.07. The van der Waals surface area contributed by atoms with Crippen LogP contribution in [0.1, 0.15) is 23.2 Å². The van der Waals surface area contributed by atoms with Gasteiger partial charge in [0.1, 0.15) is 0 Å². The molecule has 0 atom stereocenters. The summed E-state index contributed by atoms with van der Waals surface area (Å²) in [6.07, 6.45) is 1.85. The lowest BCUT2D eigenvalue weighted by atomic mass is 10.0. The molecule has 1 fully saturated rings. The third kappa shape index (κ3) is 4.94. The number of nitrogens with zero attached hydrogens (tertiary/aromatic N) is 3. The molecule has 0 spiro atoms. The number of ether oxygens (including phenoxy) is 1. The predicted octanol–water partition coefficient (Wildman–Crippen LogP) is 1.94. The molecule has 128 valence electrons. The molecule has 1 aromatic carbocycles. The van der Waals surface area contributed by atoms with Gasteiger partial charge in [-0.1, -0.05) is 6.07 Å². The molecule has 23 heavy (non-hydrogen) atoms. The first-order valence-corrected chi connectivity index (χ1v) is 8.30. The van der Waals surface area contributed by atoms with E-state index >= 15 is 0 Å². The van der Waals surface area contributed by atoms with E-state index in [1.165, 1.54) is 0 Å². The summed E-state index contributed by atoms with van der Waals surface area (Å²) in [5, 5.41) is 0. The van der Waals surface area contributed by atoms with Crippen molar-refractivity contribution >= 4 is 11.6 Å². The van der Waals surface area contributed by atoms with Crippen molar-refractivity contribution in [1.82, 2.24) is 9.80 Å². The Hall–Kier alpha value is -1.59. The monoisotopic (exact) mass is 319 g/mol. The topological polar surface area (TPSA) is 36.0 Å². The second kappa shape index (κ2) is 8.31. The molecule has 1 aliphatic heterocycles. The number of carbonyl (C=O) groups excluding carboxylic acids is 1. The summed E-state index contributed by atoms with van der Waals surface area (Å²) in [6.45, 7) is 3.11. The van der Waals surface area contributed by atoms with Crippen LogP contribution in [0.25, 0.3) is 0 Å².